The van der Waals surface area contributed by atoms with Gasteiger partial charge in [-0.3, -0.25) is 4.99 Å². The summed E-state index contributed by atoms with van der Waals surface area (Å²) >= 11 is 0. The molecule has 25 heavy (non-hydrogen) atoms. The summed E-state index contributed by atoms with van der Waals surface area (Å²) in [6, 6.07) is 4.21. The van der Waals surface area contributed by atoms with E-state index < -0.39 is 0 Å². The molecule has 2 rings (SSSR count). The van der Waals surface area contributed by atoms with E-state index in [0.717, 1.165) is 38.0 Å². The zero-order chi connectivity index (χ0) is 18.3. The molecule has 6 heteroatoms. The van der Waals surface area contributed by atoms with Crippen LogP contribution in [0.1, 0.15) is 39.2 Å². The molecule has 0 saturated carbocycles. The molecule has 1 aliphatic heterocycles. The van der Waals surface area contributed by atoms with Gasteiger partial charge in [-0.25, -0.2) is 4.98 Å². The number of methoxy groups -OCH3 is 1. The zero-order valence-corrected chi connectivity index (χ0v) is 16.3. The molecule has 1 saturated heterocycles. The minimum Gasteiger partial charge on any atom is -0.379 e. The fourth-order valence-electron chi connectivity index (χ4n) is 3.03. The SMILES string of the molecule is CN=C(NCc1ccnc(N2CCCC2)c1)NCC(OC)C(C)(C)C. The fourth-order valence-corrected chi connectivity index (χ4v) is 3.03. The summed E-state index contributed by atoms with van der Waals surface area (Å²) in [4.78, 5) is 11.2. The number of hydrogen-bond donors (Lipinski definition) is 2. The van der Waals surface area contributed by atoms with E-state index in [1.54, 1.807) is 14.2 Å². The van der Waals surface area contributed by atoms with Crippen LogP contribution in [-0.4, -0.2) is 50.8 Å². The Morgan fingerprint density at radius 2 is 2.04 bits per heavy atom. The number of ether oxygens (including phenoxy) is 1. The molecule has 1 unspecified atom stereocenters. The predicted molar refractivity (Wildman–Crippen MR) is 104 cm³/mol. The van der Waals surface area contributed by atoms with Crippen molar-refractivity contribution in [2.75, 3.05) is 38.7 Å². The number of hydrogen-bond acceptors (Lipinski definition) is 4. The smallest absolute Gasteiger partial charge is 0.191 e. The normalized spacial score (nSPS) is 16.8. The van der Waals surface area contributed by atoms with Gasteiger partial charge in [0.1, 0.15) is 5.82 Å². The highest BCUT2D eigenvalue weighted by Crippen LogP contribution is 2.21. The molecule has 1 atom stereocenters. The number of guanidine groups is 1. The van der Waals surface area contributed by atoms with Crippen LogP contribution < -0.4 is 15.5 Å². The van der Waals surface area contributed by atoms with Crippen molar-refractivity contribution in [3.8, 4) is 0 Å². The van der Waals surface area contributed by atoms with E-state index >= 15 is 0 Å². The van der Waals surface area contributed by atoms with Crippen molar-refractivity contribution in [1.82, 2.24) is 15.6 Å². The molecule has 1 fully saturated rings. The predicted octanol–water partition coefficient (Wildman–Crippen LogP) is 2.41. The van der Waals surface area contributed by atoms with E-state index in [1.807, 2.05) is 12.3 Å². The van der Waals surface area contributed by atoms with E-state index in [2.05, 4.69) is 52.3 Å². The van der Waals surface area contributed by atoms with Gasteiger partial charge in [-0.15, -0.1) is 0 Å². The topological polar surface area (TPSA) is 61.8 Å². The number of nitrogens with one attached hydrogen (secondary N) is 2. The van der Waals surface area contributed by atoms with Crippen molar-refractivity contribution >= 4 is 11.8 Å². The van der Waals surface area contributed by atoms with Crippen LogP contribution in [0.4, 0.5) is 5.82 Å². The van der Waals surface area contributed by atoms with Crippen molar-refractivity contribution in [2.24, 2.45) is 10.4 Å². The molecular weight excluding hydrogens is 314 g/mol. The highest BCUT2D eigenvalue weighted by Gasteiger charge is 2.24. The van der Waals surface area contributed by atoms with E-state index in [0.29, 0.717) is 0 Å². The fraction of sp³-hybridized carbons (Fsp3) is 0.684. The van der Waals surface area contributed by atoms with E-state index in [9.17, 15) is 0 Å². The molecule has 140 valence electrons. The van der Waals surface area contributed by atoms with Crippen LogP contribution >= 0.6 is 0 Å². The van der Waals surface area contributed by atoms with Gasteiger partial charge in [0.2, 0.25) is 0 Å². The lowest BCUT2D eigenvalue weighted by atomic mass is 9.89. The van der Waals surface area contributed by atoms with Crippen LogP contribution in [0, 0.1) is 5.41 Å². The maximum absolute atomic E-state index is 5.59. The average Bonchev–Trinajstić information content (AvgIpc) is 3.12. The quantitative estimate of drug-likeness (QED) is 0.611. The average molecular weight is 348 g/mol. The Kier molecular flexibility index (Phi) is 7.05. The standard InChI is InChI=1S/C19H33N5O/c1-19(2,3)16(25-5)14-23-18(20-4)22-13-15-8-9-21-17(12-15)24-10-6-7-11-24/h8-9,12,16H,6-7,10-11,13-14H2,1-5H3,(H2,20,22,23). The maximum Gasteiger partial charge on any atom is 0.191 e. The van der Waals surface area contributed by atoms with Crippen molar-refractivity contribution in [3.05, 3.63) is 23.9 Å². The van der Waals surface area contributed by atoms with Gasteiger partial charge in [-0.2, -0.15) is 0 Å². The Balaban J connectivity index is 1.87. The first-order valence-electron chi connectivity index (χ1n) is 9.11. The molecule has 1 aromatic heterocycles. The molecule has 0 aliphatic carbocycles. The first kappa shape index (κ1) is 19.5. The van der Waals surface area contributed by atoms with Crippen LogP contribution in [0.3, 0.4) is 0 Å². The summed E-state index contributed by atoms with van der Waals surface area (Å²) in [7, 11) is 3.54. The lowest BCUT2D eigenvalue weighted by molar-refractivity contribution is 0.0205. The zero-order valence-electron chi connectivity index (χ0n) is 16.3. The Labute approximate surface area is 152 Å². The highest BCUT2D eigenvalue weighted by molar-refractivity contribution is 5.79. The van der Waals surface area contributed by atoms with Crippen LogP contribution in [-0.2, 0) is 11.3 Å². The number of nitrogens with zero attached hydrogens (tertiary/aromatic N) is 3. The third kappa shape index (κ3) is 5.88. The molecule has 0 radical (unpaired) electrons. The number of rotatable bonds is 6. The molecule has 0 aromatic carbocycles. The molecular formula is C19H33N5O. The lowest BCUT2D eigenvalue weighted by Crippen LogP contribution is -2.45. The number of pyridine rings is 1. The van der Waals surface area contributed by atoms with Gasteiger partial charge in [-0.05, 0) is 36.0 Å². The van der Waals surface area contributed by atoms with Gasteiger partial charge in [-0.1, -0.05) is 20.8 Å². The third-order valence-electron chi connectivity index (χ3n) is 4.63. The van der Waals surface area contributed by atoms with Crippen molar-refractivity contribution in [1.29, 1.82) is 0 Å². The third-order valence-corrected chi connectivity index (χ3v) is 4.63. The lowest BCUT2D eigenvalue weighted by Gasteiger charge is -2.30. The van der Waals surface area contributed by atoms with Gasteiger partial charge in [0.25, 0.3) is 0 Å². The highest BCUT2D eigenvalue weighted by atomic mass is 16.5. The number of anilines is 1. The van der Waals surface area contributed by atoms with Gasteiger partial charge < -0.3 is 20.3 Å². The molecule has 1 aromatic rings. The van der Waals surface area contributed by atoms with Crippen LogP contribution in [0.5, 0.6) is 0 Å². The first-order valence-corrected chi connectivity index (χ1v) is 9.11. The molecule has 0 amide bonds. The van der Waals surface area contributed by atoms with Crippen molar-refractivity contribution < 1.29 is 4.74 Å². The molecule has 0 bridgehead atoms. The van der Waals surface area contributed by atoms with Crippen LogP contribution in [0.15, 0.2) is 23.3 Å². The second-order valence-corrected chi connectivity index (χ2v) is 7.61. The van der Waals surface area contributed by atoms with Crippen molar-refractivity contribution in [2.45, 2.75) is 46.3 Å². The van der Waals surface area contributed by atoms with Gasteiger partial charge in [0.05, 0.1) is 6.10 Å². The number of aliphatic imine (C=N–C) groups is 1. The summed E-state index contributed by atoms with van der Waals surface area (Å²) in [5, 5.41) is 6.73. The summed E-state index contributed by atoms with van der Waals surface area (Å²) < 4.78 is 5.59. The van der Waals surface area contributed by atoms with Gasteiger partial charge in [0, 0.05) is 46.5 Å². The largest absolute Gasteiger partial charge is 0.379 e. The molecule has 0 spiro atoms. The van der Waals surface area contributed by atoms with E-state index in [4.69, 9.17) is 4.74 Å². The molecule has 1 aliphatic rings. The Hall–Kier alpha value is -1.82. The minimum absolute atomic E-state index is 0.0797. The second-order valence-electron chi connectivity index (χ2n) is 7.61. The molecule has 2 N–H and O–H groups in total. The summed E-state index contributed by atoms with van der Waals surface area (Å²) in [5.41, 5.74) is 1.29. The first-order chi connectivity index (χ1) is 11.9. The van der Waals surface area contributed by atoms with Crippen LogP contribution in [0.25, 0.3) is 0 Å². The van der Waals surface area contributed by atoms with E-state index in [1.165, 1.54) is 18.4 Å². The van der Waals surface area contributed by atoms with Crippen LogP contribution in [0.2, 0.25) is 0 Å². The summed E-state index contributed by atoms with van der Waals surface area (Å²) in [6.07, 6.45) is 4.53. The Morgan fingerprint density at radius 1 is 1.32 bits per heavy atom. The molecule has 2 heterocycles. The summed E-state index contributed by atoms with van der Waals surface area (Å²) in [5.74, 6) is 1.86. The Morgan fingerprint density at radius 3 is 2.64 bits per heavy atom. The van der Waals surface area contributed by atoms with E-state index in [-0.39, 0.29) is 11.5 Å². The second kappa shape index (κ2) is 9.04. The monoisotopic (exact) mass is 347 g/mol. The Bertz CT molecular complexity index is 561. The molecule has 6 nitrogen and oxygen atoms in total. The maximum atomic E-state index is 5.59. The number of aromatic nitrogens is 1. The van der Waals surface area contributed by atoms with Gasteiger partial charge >= 0.3 is 0 Å². The van der Waals surface area contributed by atoms with Gasteiger partial charge in [0.15, 0.2) is 5.96 Å². The minimum atomic E-state index is 0.0797. The summed E-state index contributed by atoms with van der Waals surface area (Å²) in [6.45, 7) is 10.2. The van der Waals surface area contributed by atoms with Crippen molar-refractivity contribution in [3.63, 3.8) is 0 Å².